The second-order valence-corrected chi connectivity index (χ2v) is 9.28. The number of carbonyl (C=O) groups excluding carboxylic acids is 1. The van der Waals surface area contributed by atoms with E-state index in [0.717, 1.165) is 5.52 Å². The van der Waals surface area contributed by atoms with Crippen molar-refractivity contribution in [3.63, 3.8) is 0 Å². The topological polar surface area (TPSA) is 77.7 Å². The lowest BCUT2D eigenvalue weighted by atomic mass is 10.3. The highest BCUT2D eigenvalue weighted by Crippen LogP contribution is 2.19. The molecule has 0 aliphatic rings. The molecule has 0 saturated carbocycles. The second kappa shape index (κ2) is 8.24. The van der Waals surface area contributed by atoms with E-state index >= 15 is 0 Å². The monoisotopic (exact) mass is 422 g/mol. The second-order valence-electron chi connectivity index (χ2n) is 6.16. The van der Waals surface area contributed by atoms with Crippen molar-refractivity contribution < 1.29 is 22.3 Å². The molecule has 2 aromatic carbocycles. The van der Waals surface area contributed by atoms with Gasteiger partial charge in [0.1, 0.15) is 11.6 Å². The molecule has 0 N–H and O–H groups in total. The van der Waals surface area contributed by atoms with Crippen LogP contribution in [0.1, 0.15) is 12.8 Å². The van der Waals surface area contributed by atoms with Crippen molar-refractivity contribution in [1.82, 2.24) is 4.57 Å². The van der Waals surface area contributed by atoms with E-state index in [1.807, 2.05) is 0 Å². The van der Waals surface area contributed by atoms with E-state index in [9.17, 15) is 17.6 Å². The predicted octanol–water partition coefficient (Wildman–Crippen LogP) is 3.07. The van der Waals surface area contributed by atoms with Crippen LogP contribution < -0.4 is 9.54 Å². The van der Waals surface area contributed by atoms with Gasteiger partial charge in [-0.2, -0.15) is 4.99 Å². The summed E-state index contributed by atoms with van der Waals surface area (Å²) in [5.74, 6) is -0.336. The van der Waals surface area contributed by atoms with Gasteiger partial charge in [-0.3, -0.25) is 4.79 Å². The summed E-state index contributed by atoms with van der Waals surface area (Å²) in [7, 11) is -0.228. The number of aryl methyl sites for hydroxylation is 1. The highest BCUT2D eigenvalue weighted by molar-refractivity contribution is 7.91. The van der Waals surface area contributed by atoms with E-state index in [0.29, 0.717) is 15.3 Å². The molecule has 6 nitrogen and oxygen atoms in total. The summed E-state index contributed by atoms with van der Waals surface area (Å²) >= 11 is 1.21. The van der Waals surface area contributed by atoms with Crippen LogP contribution >= 0.6 is 11.3 Å². The predicted molar refractivity (Wildman–Crippen MR) is 106 cm³/mol. The molecule has 0 aliphatic heterocycles. The normalized spacial score (nSPS) is 12.5. The number of hydrogen-bond donors (Lipinski definition) is 0. The number of thiazole rings is 1. The number of nitrogens with zero attached hydrogens (tertiary/aromatic N) is 2. The van der Waals surface area contributed by atoms with Crippen LogP contribution in [0.4, 0.5) is 4.39 Å². The molecule has 1 amide bonds. The Balaban J connectivity index is 1.67. The van der Waals surface area contributed by atoms with Crippen molar-refractivity contribution >= 4 is 37.3 Å². The average molecular weight is 423 g/mol. The minimum atomic E-state index is -3.48. The molecule has 0 spiro atoms. The van der Waals surface area contributed by atoms with Crippen LogP contribution in [0.3, 0.4) is 0 Å². The first kappa shape index (κ1) is 20.2. The van der Waals surface area contributed by atoms with Crippen LogP contribution in [0, 0.1) is 5.82 Å². The largest absolute Gasteiger partial charge is 0.497 e. The van der Waals surface area contributed by atoms with Crippen LogP contribution in [-0.4, -0.2) is 31.8 Å². The van der Waals surface area contributed by atoms with Gasteiger partial charge < -0.3 is 9.30 Å². The third kappa shape index (κ3) is 4.48. The van der Waals surface area contributed by atoms with Gasteiger partial charge in [0, 0.05) is 13.5 Å². The fraction of sp³-hybridized carbons (Fsp3) is 0.263. The van der Waals surface area contributed by atoms with Crippen LogP contribution in [0.2, 0.25) is 0 Å². The molecule has 0 radical (unpaired) electrons. The van der Waals surface area contributed by atoms with Gasteiger partial charge in [-0.05, 0) is 48.9 Å². The van der Waals surface area contributed by atoms with Gasteiger partial charge in [-0.15, -0.1) is 0 Å². The van der Waals surface area contributed by atoms with Crippen LogP contribution in [0.5, 0.6) is 5.75 Å². The standard InChI is InChI=1S/C19H19FN2O4S2/c1-22-16-10-5-13(20)12-17(16)27-19(22)21-18(23)4-3-11-28(24,25)15-8-6-14(26-2)7-9-15/h5-10,12H,3-4,11H2,1-2H3. The Hall–Kier alpha value is -2.52. The summed E-state index contributed by atoms with van der Waals surface area (Å²) in [5.41, 5.74) is 0.778. The van der Waals surface area contributed by atoms with E-state index < -0.39 is 15.7 Å². The SMILES string of the molecule is COc1ccc(S(=O)(=O)CCCC(=O)N=c2sc3cc(F)ccc3n2C)cc1. The molecule has 28 heavy (non-hydrogen) atoms. The molecule has 0 unspecified atom stereocenters. The number of fused-ring (bicyclic) bond motifs is 1. The van der Waals surface area contributed by atoms with Crippen molar-refractivity contribution in [2.24, 2.45) is 12.0 Å². The summed E-state index contributed by atoms with van der Waals surface area (Å²) < 4.78 is 45.5. The molecule has 0 fully saturated rings. The number of hydrogen-bond acceptors (Lipinski definition) is 5. The first-order chi connectivity index (χ1) is 13.3. The third-order valence-electron chi connectivity index (χ3n) is 4.21. The molecular formula is C19H19FN2O4S2. The number of methoxy groups -OCH3 is 1. The van der Waals surface area contributed by atoms with Gasteiger partial charge in [0.15, 0.2) is 14.6 Å². The molecule has 0 atom stereocenters. The molecule has 1 heterocycles. The quantitative estimate of drug-likeness (QED) is 0.612. The summed E-state index contributed by atoms with van der Waals surface area (Å²) in [5, 5.41) is 0. The Morgan fingerprint density at radius 3 is 2.61 bits per heavy atom. The molecule has 0 saturated heterocycles. The van der Waals surface area contributed by atoms with E-state index in [1.165, 1.54) is 42.7 Å². The number of rotatable bonds is 6. The molecule has 1 aromatic heterocycles. The lowest BCUT2D eigenvalue weighted by Crippen LogP contribution is -2.14. The Bertz CT molecular complexity index is 1180. The highest BCUT2D eigenvalue weighted by atomic mass is 32.2. The first-order valence-corrected chi connectivity index (χ1v) is 11.0. The highest BCUT2D eigenvalue weighted by Gasteiger charge is 2.15. The maximum Gasteiger partial charge on any atom is 0.248 e. The van der Waals surface area contributed by atoms with Crippen LogP contribution in [0.25, 0.3) is 10.2 Å². The number of benzene rings is 2. The van der Waals surface area contributed by atoms with E-state index in [-0.39, 0.29) is 29.3 Å². The minimum absolute atomic E-state index is 0.0119. The maximum atomic E-state index is 13.3. The fourth-order valence-electron chi connectivity index (χ4n) is 2.69. The zero-order valence-corrected chi connectivity index (χ0v) is 17.0. The number of carbonyl (C=O) groups is 1. The van der Waals surface area contributed by atoms with Crippen LogP contribution in [-0.2, 0) is 21.7 Å². The van der Waals surface area contributed by atoms with Gasteiger partial charge in [-0.25, -0.2) is 12.8 Å². The number of sulfone groups is 1. The van der Waals surface area contributed by atoms with Gasteiger partial charge in [0.25, 0.3) is 0 Å². The molecular weight excluding hydrogens is 403 g/mol. The summed E-state index contributed by atoms with van der Waals surface area (Å²) in [6.07, 6.45) is 0.178. The number of amides is 1. The Kier molecular flexibility index (Phi) is 5.95. The Morgan fingerprint density at radius 1 is 1.21 bits per heavy atom. The van der Waals surface area contributed by atoms with Gasteiger partial charge >= 0.3 is 0 Å². The van der Waals surface area contributed by atoms with Crippen LogP contribution in [0.15, 0.2) is 52.4 Å². The number of ether oxygens (including phenoxy) is 1. The average Bonchev–Trinajstić information content (AvgIpc) is 2.96. The molecule has 3 rings (SSSR count). The summed E-state index contributed by atoms with van der Waals surface area (Å²) in [6.45, 7) is 0. The Morgan fingerprint density at radius 2 is 1.93 bits per heavy atom. The summed E-state index contributed by atoms with van der Waals surface area (Å²) in [4.78, 5) is 16.8. The van der Waals surface area contributed by atoms with E-state index in [2.05, 4.69) is 4.99 Å². The molecule has 9 heteroatoms. The van der Waals surface area contributed by atoms with Gasteiger partial charge in [-0.1, -0.05) is 11.3 Å². The van der Waals surface area contributed by atoms with E-state index in [4.69, 9.17) is 4.74 Å². The van der Waals surface area contributed by atoms with Crippen molar-refractivity contribution in [1.29, 1.82) is 0 Å². The van der Waals surface area contributed by atoms with Crippen molar-refractivity contribution in [3.05, 3.63) is 53.1 Å². The minimum Gasteiger partial charge on any atom is -0.497 e. The van der Waals surface area contributed by atoms with Crippen molar-refractivity contribution in [2.45, 2.75) is 17.7 Å². The van der Waals surface area contributed by atoms with Crippen molar-refractivity contribution in [3.8, 4) is 5.75 Å². The lowest BCUT2D eigenvalue weighted by Gasteiger charge is -2.05. The molecule has 148 valence electrons. The zero-order valence-electron chi connectivity index (χ0n) is 15.4. The Labute approximate surface area is 165 Å². The fourth-order valence-corrected chi connectivity index (χ4v) is 5.06. The molecule has 0 aliphatic carbocycles. The third-order valence-corrected chi connectivity index (χ3v) is 7.13. The lowest BCUT2D eigenvalue weighted by molar-refractivity contribution is -0.118. The number of aromatic nitrogens is 1. The van der Waals surface area contributed by atoms with Crippen molar-refractivity contribution in [2.75, 3.05) is 12.9 Å². The maximum absolute atomic E-state index is 13.3. The number of halogens is 1. The smallest absolute Gasteiger partial charge is 0.248 e. The zero-order chi connectivity index (χ0) is 20.3. The van der Waals surface area contributed by atoms with E-state index in [1.54, 1.807) is 29.8 Å². The first-order valence-electron chi connectivity index (χ1n) is 8.49. The summed E-state index contributed by atoms with van der Waals surface area (Å²) in [6, 6.07) is 10.5. The molecule has 3 aromatic rings. The molecule has 0 bridgehead atoms. The van der Waals surface area contributed by atoms with Gasteiger partial charge in [0.2, 0.25) is 5.91 Å². The van der Waals surface area contributed by atoms with Gasteiger partial charge in [0.05, 0.1) is 28.0 Å².